The van der Waals surface area contributed by atoms with Gasteiger partial charge in [-0.2, -0.15) is 0 Å². The van der Waals surface area contributed by atoms with Gasteiger partial charge in [0, 0.05) is 5.56 Å². The number of nitrogens with two attached hydrogens (primary N) is 1. The van der Waals surface area contributed by atoms with E-state index in [1.807, 2.05) is 13.0 Å². The maximum absolute atomic E-state index is 11.5. The lowest BCUT2D eigenvalue weighted by Gasteiger charge is -2.04. The van der Waals surface area contributed by atoms with Crippen molar-refractivity contribution in [2.75, 3.05) is 6.54 Å². The average Bonchev–Trinajstić information content (AvgIpc) is 2.25. The Bertz CT molecular complexity index is 388. The van der Waals surface area contributed by atoms with E-state index in [1.165, 1.54) is 0 Å². The molecule has 0 aromatic heterocycles. The minimum absolute atomic E-state index is 0.0310. The van der Waals surface area contributed by atoms with Gasteiger partial charge in [0.15, 0.2) is 5.84 Å². The lowest BCUT2D eigenvalue weighted by molar-refractivity contribution is 0.0959. The van der Waals surface area contributed by atoms with Crippen molar-refractivity contribution in [3.8, 4) is 0 Å². The fourth-order valence-electron chi connectivity index (χ4n) is 1.09. The Morgan fingerprint density at radius 1 is 1.60 bits per heavy atom. The van der Waals surface area contributed by atoms with Crippen LogP contribution in [0.1, 0.15) is 15.9 Å². The first-order valence-electron chi connectivity index (χ1n) is 4.44. The quantitative estimate of drug-likeness (QED) is 0.291. The molecule has 0 heterocycles. The summed E-state index contributed by atoms with van der Waals surface area (Å²) in [5, 5.41) is 13.5. The van der Waals surface area contributed by atoms with Gasteiger partial charge >= 0.3 is 0 Å². The molecule has 0 aliphatic rings. The zero-order valence-electron chi connectivity index (χ0n) is 8.40. The van der Waals surface area contributed by atoms with Gasteiger partial charge in [-0.15, -0.1) is 0 Å². The second-order valence-corrected chi connectivity index (χ2v) is 3.14. The molecule has 1 amide bonds. The van der Waals surface area contributed by atoms with Gasteiger partial charge in [-0.1, -0.05) is 22.9 Å². The zero-order chi connectivity index (χ0) is 11.3. The fraction of sp³-hybridized carbons (Fsp3) is 0.200. The van der Waals surface area contributed by atoms with Gasteiger partial charge in [0.05, 0.1) is 6.54 Å². The largest absolute Gasteiger partial charge is 0.409 e. The van der Waals surface area contributed by atoms with Crippen LogP contribution in [0.4, 0.5) is 0 Å². The van der Waals surface area contributed by atoms with Crippen molar-refractivity contribution in [2.45, 2.75) is 6.92 Å². The third kappa shape index (κ3) is 3.30. The number of aryl methyl sites for hydroxylation is 1. The lowest BCUT2D eigenvalue weighted by atomic mass is 10.1. The summed E-state index contributed by atoms with van der Waals surface area (Å²) >= 11 is 0. The van der Waals surface area contributed by atoms with E-state index in [1.54, 1.807) is 18.2 Å². The van der Waals surface area contributed by atoms with Gasteiger partial charge in [0.2, 0.25) is 0 Å². The Balaban J connectivity index is 2.62. The predicted molar refractivity (Wildman–Crippen MR) is 56.9 cm³/mol. The van der Waals surface area contributed by atoms with Crippen molar-refractivity contribution < 1.29 is 10.0 Å². The van der Waals surface area contributed by atoms with E-state index in [-0.39, 0.29) is 18.3 Å². The Kier molecular flexibility index (Phi) is 3.68. The minimum atomic E-state index is -0.245. The van der Waals surface area contributed by atoms with Crippen molar-refractivity contribution in [1.82, 2.24) is 5.32 Å². The summed E-state index contributed by atoms with van der Waals surface area (Å²) in [6.07, 6.45) is 0. The number of hydrogen-bond donors (Lipinski definition) is 3. The van der Waals surface area contributed by atoms with E-state index in [0.717, 1.165) is 5.56 Å². The molecule has 0 aliphatic heterocycles. The maximum Gasteiger partial charge on any atom is 0.251 e. The van der Waals surface area contributed by atoms with Crippen LogP contribution in [0.3, 0.4) is 0 Å². The van der Waals surface area contributed by atoms with Crippen LogP contribution >= 0.6 is 0 Å². The second kappa shape index (κ2) is 4.99. The van der Waals surface area contributed by atoms with Gasteiger partial charge in [0.25, 0.3) is 5.91 Å². The first-order chi connectivity index (χ1) is 7.13. The molecule has 1 aromatic rings. The molecule has 1 rings (SSSR count). The zero-order valence-corrected chi connectivity index (χ0v) is 8.40. The van der Waals surface area contributed by atoms with E-state index >= 15 is 0 Å². The third-order valence-electron chi connectivity index (χ3n) is 1.84. The highest BCUT2D eigenvalue weighted by Gasteiger charge is 2.05. The Labute approximate surface area is 87.6 Å². The second-order valence-electron chi connectivity index (χ2n) is 3.14. The number of carbonyl (C=O) groups excluding carboxylic acids is 1. The van der Waals surface area contributed by atoms with Gasteiger partial charge in [-0.25, -0.2) is 0 Å². The Morgan fingerprint density at radius 3 is 2.93 bits per heavy atom. The summed E-state index contributed by atoms with van der Waals surface area (Å²) in [6, 6.07) is 7.17. The molecule has 0 atom stereocenters. The first-order valence-corrected chi connectivity index (χ1v) is 4.44. The highest BCUT2D eigenvalue weighted by atomic mass is 16.4. The molecule has 80 valence electrons. The molecule has 5 heteroatoms. The number of amides is 1. The molecule has 0 aliphatic carbocycles. The normalized spacial score (nSPS) is 11.1. The molecule has 4 N–H and O–H groups in total. The summed E-state index contributed by atoms with van der Waals surface area (Å²) in [4.78, 5) is 11.5. The Morgan fingerprint density at radius 2 is 2.33 bits per heavy atom. The van der Waals surface area contributed by atoms with Gasteiger partial charge in [-0.3, -0.25) is 4.79 Å². The summed E-state index contributed by atoms with van der Waals surface area (Å²) < 4.78 is 0. The van der Waals surface area contributed by atoms with Crippen LogP contribution < -0.4 is 11.1 Å². The Hall–Kier alpha value is -2.04. The smallest absolute Gasteiger partial charge is 0.251 e. The monoisotopic (exact) mass is 207 g/mol. The average molecular weight is 207 g/mol. The molecule has 0 unspecified atom stereocenters. The fourth-order valence-corrected chi connectivity index (χ4v) is 1.09. The SMILES string of the molecule is Cc1cccc(C(=O)NC/C(N)=N/O)c1. The summed E-state index contributed by atoms with van der Waals surface area (Å²) in [7, 11) is 0. The van der Waals surface area contributed by atoms with Crippen molar-refractivity contribution in [2.24, 2.45) is 10.9 Å². The van der Waals surface area contributed by atoms with Crippen molar-refractivity contribution in [3.63, 3.8) is 0 Å². The van der Waals surface area contributed by atoms with Gasteiger partial charge in [-0.05, 0) is 19.1 Å². The van der Waals surface area contributed by atoms with Crippen LogP contribution in [0, 0.1) is 6.92 Å². The molecular formula is C10H13N3O2. The summed E-state index contributed by atoms with van der Waals surface area (Å²) in [5.74, 6) is -0.277. The first kappa shape index (κ1) is 11.0. The molecule has 0 saturated heterocycles. The number of amidine groups is 1. The van der Waals surface area contributed by atoms with E-state index in [9.17, 15) is 4.79 Å². The lowest BCUT2D eigenvalue weighted by Crippen LogP contribution is -2.33. The van der Waals surface area contributed by atoms with Gasteiger partial charge in [0.1, 0.15) is 0 Å². The van der Waals surface area contributed by atoms with Crippen LogP contribution in [-0.2, 0) is 0 Å². The molecule has 0 bridgehead atoms. The van der Waals surface area contributed by atoms with Crippen molar-refractivity contribution in [3.05, 3.63) is 35.4 Å². The highest BCUT2D eigenvalue weighted by molar-refractivity contribution is 5.97. The van der Waals surface area contributed by atoms with Crippen LogP contribution in [0.25, 0.3) is 0 Å². The maximum atomic E-state index is 11.5. The topological polar surface area (TPSA) is 87.7 Å². The van der Waals surface area contributed by atoms with Crippen LogP contribution in [-0.4, -0.2) is 23.5 Å². The third-order valence-corrected chi connectivity index (χ3v) is 1.84. The van der Waals surface area contributed by atoms with Crippen molar-refractivity contribution >= 4 is 11.7 Å². The molecule has 15 heavy (non-hydrogen) atoms. The molecule has 0 spiro atoms. The number of rotatable bonds is 3. The van der Waals surface area contributed by atoms with Gasteiger partial charge < -0.3 is 16.3 Å². The van der Waals surface area contributed by atoms with Crippen molar-refractivity contribution in [1.29, 1.82) is 0 Å². The number of carbonyl (C=O) groups is 1. The molecule has 0 fully saturated rings. The van der Waals surface area contributed by atoms with Crippen LogP contribution in [0.5, 0.6) is 0 Å². The van der Waals surface area contributed by atoms with Crippen LogP contribution in [0.15, 0.2) is 29.4 Å². The van der Waals surface area contributed by atoms with E-state index in [4.69, 9.17) is 10.9 Å². The van der Waals surface area contributed by atoms with Crippen LogP contribution in [0.2, 0.25) is 0 Å². The molecule has 0 radical (unpaired) electrons. The highest BCUT2D eigenvalue weighted by Crippen LogP contribution is 2.03. The summed E-state index contributed by atoms with van der Waals surface area (Å²) in [6.45, 7) is 1.93. The number of nitrogens with one attached hydrogen (secondary N) is 1. The standard InChI is InChI=1S/C10H13N3O2/c1-7-3-2-4-8(5-7)10(14)12-6-9(11)13-15/h2-5,15H,6H2,1H3,(H2,11,13)(H,12,14). The van der Waals surface area contributed by atoms with E-state index < -0.39 is 0 Å². The molecule has 1 aromatic carbocycles. The summed E-state index contributed by atoms with van der Waals surface area (Å²) in [5.41, 5.74) is 6.78. The van der Waals surface area contributed by atoms with E-state index in [0.29, 0.717) is 5.56 Å². The molecule has 0 saturated carbocycles. The minimum Gasteiger partial charge on any atom is -0.409 e. The number of benzene rings is 1. The molecular weight excluding hydrogens is 194 g/mol. The predicted octanol–water partition coefficient (Wildman–Crippen LogP) is 0.471. The number of hydrogen-bond acceptors (Lipinski definition) is 3. The van der Waals surface area contributed by atoms with E-state index in [2.05, 4.69) is 10.5 Å². The number of oxime groups is 1. The molecule has 5 nitrogen and oxygen atoms in total. The number of nitrogens with zero attached hydrogens (tertiary/aromatic N) is 1.